The van der Waals surface area contributed by atoms with Crippen LogP contribution < -0.4 is 0 Å². The van der Waals surface area contributed by atoms with Crippen molar-refractivity contribution in [1.29, 1.82) is 0 Å². The average Bonchev–Trinajstić information content (AvgIpc) is 1.74. The Kier molecular flexibility index (Phi) is 31.5. The molecular formula is C67H98N4O16. The van der Waals surface area contributed by atoms with Crippen LogP contribution in [-0.2, 0) is 59.6 Å². The standard InChI is InChI=1S/C21H34N2O3.C17H26N2O3.C15H20O5.C14H18O5/c1-8-22(9-2)19(24)17-12-16(15-26-21(5,6)7)13-18(14-17)20(25)23(10-3)11-4;1-17(2,3)22-11-12-8-13(15(20)18(4)5)10-14(9-12)16(21)19(6)7;1-15(2,3)20-9-10-6-11(13(16)18-4)8-12(7-10)14(17)19-5;1-14(2,3)19-8-9-5-10(12(15)16)7-11(6-9)13(17)18-4/h12-14H,8-11,15H2,1-7H3;8-10H,11H2,1-7H3;6-8H,9H2,1-5H3;5-7H,8H2,1-4H3,(H,15,16). The second kappa shape index (κ2) is 35.3. The topological polar surface area (TPSA) is 234 Å². The number of carbonyl (C=O) groups is 8. The van der Waals surface area contributed by atoms with Gasteiger partial charge in [0.1, 0.15) is 0 Å². The first-order valence-electron chi connectivity index (χ1n) is 28.8. The van der Waals surface area contributed by atoms with Crippen LogP contribution in [0.5, 0.6) is 0 Å². The lowest BCUT2D eigenvalue weighted by Crippen LogP contribution is -2.32. The van der Waals surface area contributed by atoms with Gasteiger partial charge in [0.2, 0.25) is 0 Å². The molecule has 0 spiro atoms. The van der Waals surface area contributed by atoms with E-state index in [-0.39, 0.29) is 63.8 Å². The van der Waals surface area contributed by atoms with Gasteiger partial charge in [-0.3, -0.25) is 19.2 Å². The molecule has 0 fully saturated rings. The molecule has 4 amide bonds. The maximum absolute atomic E-state index is 12.8. The summed E-state index contributed by atoms with van der Waals surface area (Å²) in [6.45, 7) is 34.9. The van der Waals surface area contributed by atoms with Crippen LogP contribution in [0.15, 0.2) is 72.8 Å². The smallest absolute Gasteiger partial charge is 0.337 e. The molecule has 0 aliphatic rings. The van der Waals surface area contributed by atoms with Crippen molar-refractivity contribution in [2.24, 2.45) is 0 Å². The van der Waals surface area contributed by atoms with E-state index in [1.165, 1.54) is 49.3 Å². The lowest BCUT2D eigenvalue weighted by Gasteiger charge is -2.23. The summed E-state index contributed by atoms with van der Waals surface area (Å²) in [6, 6.07) is 19.6. The normalized spacial score (nSPS) is 11.2. The molecule has 4 aromatic carbocycles. The summed E-state index contributed by atoms with van der Waals surface area (Å²) in [6.07, 6.45) is 0. The van der Waals surface area contributed by atoms with Gasteiger partial charge < -0.3 is 57.9 Å². The second-order valence-electron chi connectivity index (χ2n) is 24.4. The molecule has 482 valence electrons. The fourth-order valence-electron chi connectivity index (χ4n) is 7.53. The fraction of sp³-hybridized carbons (Fsp3) is 0.522. The summed E-state index contributed by atoms with van der Waals surface area (Å²) < 4.78 is 36.8. The number of ether oxygens (including phenoxy) is 7. The van der Waals surface area contributed by atoms with E-state index < -0.39 is 23.9 Å². The van der Waals surface area contributed by atoms with Gasteiger partial charge in [-0.2, -0.15) is 0 Å². The highest BCUT2D eigenvalue weighted by molar-refractivity contribution is 6.01. The van der Waals surface area contributed by atoms with Crippen LogP contribution in [0.2, 0.25) is 0 Å². The summed E-state index contributed by atoms with van der Waals surface area (Å²) >= 11 is 0. The van der Waals surface area contributed by atoms with Gasteiger partial charge in [0.05, 0.1) is 92.4 Å². The van der Waals surface area contributed by atoms with Crippen LogP contribution in [0.25, 0.3) is 0 Å². The number of rotatable bonds is 20. The van der Waals surface area contributed by atoms with E-state index in [1.807, 2.05) is 123 Å². The van der Waals surface area contributed by atoms with Crippen LogP contribution >= 0.6 is 0 Å². The summed E-state index contributed by atoms with van der Waals surface area (Å²) in [7, 11) is 10.6. The molecule has 20 heteroatoms. The van der Waals surface area contributed by atoms with Gasteiger partial charge in [-0.25, -0.2) is 19.2 Å². The Morgan fingerprint density at radius 1 is 0.333 bits per heavy atom. The first kappa shape index (κ1) is 77.5. The maximum Gasteiger partial charge on any atom is 0.337 e. The minimum absolute atomic E-state index is 0.0374. The third-order valence-electron chi connectivity index (χ3n) is 12.1. The van der Waals surface area contributed by atoms with Gasteiger partial charge in [-0.1, -0.05) is 0 Å². The van der Waals surface area contributed by atoms with E-state index in [4.69, 9.17) is 24.1 Å². The highest BCUT2D eigenvalue weighted by Crippen LogP contribution is 2.22. The zero-order valence-corrected chi connectivity index (χ0v) is 55.9. The summed E-state index contributed by atoms with van der Waals surface area (Å²) in [4.78, 5) is 102. The van der Waals surface area contributed by atoms with Crippen molar-refractivity contribution in [3.8, 4) is 0 Å². The average molecular weight is 1220 g/mol. The molecule has 0 aliphatic carbocycles. The van der Waals surface area contributed by atoms with Gasteiger partial charge in [-0.05, 0) is 206 Å². The van der Waals surface area contributed by atoms with Crippen LogP contribution in [0.3, 0.4) is 0 Å². The molecule has 0 radical (unpaired) electrons. The monoisotopic (exact) mass is 1210 g/mol. The van der Waals surface area contributed by atoms with Gasteiger partial charge in [0.15, 0.2) is 0 Å². The van der Waals surface area contributed by atoms with Crippen molar-refractivity contribution in [2.75, 3.05) is 75.7 Å². The van der Waals surface area contributed by atoms with Crippen LogP contribution in [0.1, 0.15) is 216 Å². The third kappa shape index (κ3) is 28.7. The molecule has 20 nitrogen and oxygen atoms in total. The maximum atomic E-state index is 12.8. The van der Waals surface area contributed by atoms with E-state index in [0.29, 0.717) is 90.5 Å². The zero-order valence-electron chi connectivity index (χ0n) is 55.9. The predicted molar refractivity (Wildman–Crippen MR) is 335 cm³/mol. The Morgan fingerprint density at radius 3 is 0.724 bits per heavy atom. The number of carbonyl (C=O) groups excluding carboxylic acids is 7. The lowest BCUT2D eigenvalue weighted by molar-refractivity contribution is -0.0153. The molecule has 1 N–H and O–H groups in total. The molecular weight excluding hydrogens is 1120 g/mol. The molecule has 0 aliphatic heterocycles. The number of amides is 4. The van der Waals surface area contributed by atoms with Crippen molar-refractivity contribution in [1.82, 2.24) is 19.6 Å². The molecule has 4 aromatic rings. The number of aromatic carboxylic acids is 1. The minimum Gasteiger partial charge on any atom is -0.478 e. The Labute approximate surface area is 516 Å². The quantitative estimate of drug-likeness (QED) is 0.0640. The molecule has 4 rings (SSSR count). The van der Waals surface area contributed by atoms with Crippen molar-refractivity contribution in [3.05, 3.63) is 140 Å². The van der Waals surface area contributed by atoms with Gasteiger partial charge in [0.25, 0.3) is 23.6 Å². The molecule has 0 bridgehead atoms. The van der Waals surface area contributed by atoms with Crippen molar-refractivity contribution >= 4 is 47.5 Å². The minimum atomic E-state index is -1.09. The van der Waals surface area contributed by atoms with E-state index in [9.17, 15) is 38.4 Å². The molecule has 0 saturated heterocycles. The van der Waals surface area contributed by atoms with Crippen LogP contribution in [-0.4, -0.2) is 170 Å². The summed E-state index contributed by atoms with van der Waals surface area (Å²) in [5.74, 6) is -3.05. The number of hydrogen-bond donors (Lipinski definition) is 1. The highest BCUT2D eigenvalue weighted by atomic mass is 16.5. The van der Waals surface area contributed by atoms with Crippen molar-refractivity contribution < 1.29 is 76.6 Å². The summed E-state index contributed by atoms with van der Waals surface area (Å²) in [5, 5.41) is 9.02. The highest BCUT2D eigenvalue weighted by Gasteiger charge is 2.23. The van der Waals surface area contributed by atoms with Crippen LogP contribution in [0.4, 0.5) is 0 Å². The first-order chi connectivity index (χ1) is 40.2. The molecule has 0 atom stereocenters. The number of methoxy groups -OCH3 is 3. The van der Waals surface area contributed by atoms with Gasteiger partial charge >= 0.3 is 23.9 Å². The predicted octanol–water partition coefficient (Wildman–Crippen LogP) is 11.4. The number of esters is 3. The summed E-state index contributed by atoms with van der Waals surface area (Å²) in [5.41, 5.74) is 4.65. The molecule has 0 saturated carbocycles. The number of nitrogens with zero attached hydrogens (tertiary/aromatic N) is 4. The number of carboxylic acid groups (broad SMARTS) is 1. The number of carboxylic acids is 1. The molecule has 87 heavy (non-hydrogen) atoms. The fourth-order valence-corrected chi connectivity index (χ4v) is 7.53. The SMILES string of the molecule is CCN(CC)C(=O)c1cc(COC(C)(C)C)cc(C(=O)N(CC)CC)c1.CN(C)C(=O)c1cc(COC(C)(C)C)cc(C(=O)N(C)C)c1.COC(=O)c1cc(COC(C)(C)C)cc(C(=O)O)c1.COC(=O)c1cc(COC(C)(C)C)cc(C(=O)OC)c1. The largest absolute Gasteiger partial charge is 0.478 e. The van der Waals surface area contributed by atoms with E-state index >= 15 is 0 Å². The number of hydrogen-bond acceptors (Lipinski definition) is 15. The Bertz CT molecular complexity index is 2840. The first-order valence-corrected chi connectivity index (χ1v) is 28.8. The Balaban J connectivity index is 0.000000584. The van der Waals surface area contributed by atoms with Crippen molar-refractivity contribution in [2.45, 2.75) is 160 Å². The molecule has 0 unspecified atom stereocenters. The number of benzene rings is 4. The lowest BCUT2D eigenvalue weighted by atomic mass is 10.0. The third-order valence-corrected chi connectivity index (χ3v) is 12.1. The molecule has 0 aromatic heterocycles. The van der Waals surface area contributed by atoms with E-state index in [2.05, 4.69) is 14.2 Å². The second-order valence-corrected chi connectivity index (χ2v) is 24.4. The van der Waals surface area contributed by atoms with Gasteiger partial charge in [-0.15, -0.1) is 0 Å². The Morgan fingerprint density at radius 2 is 0.529 bits per heavy atom. The van der Waals surface area contributed by atoms with Crippen molar-refractivity contribution in [3.63, 3.8) is 0 Å². The zero-order chi connectivity index (χ0) is 66.9. The molecule has 0 heterocycles. The van der Waals surface area contributed by atoms with Crippen LogP contribution in [0, 0.1) is 0 Å². The van der Waals surface area contributed by atoms with E-state index in [0.717, 1.165) is 11.1 Å². The Hall–Kier alpha value is -7.52. The van der Waals surface area contributed by atoms with Gasteiger partial charge in [0, 0.05) is 76.6 Å². The van der Waals surface area contributed by atoms with E-state index in [1.54, 1.807) is 80.5 Å².